The molecule has 10 heteroatoms. The van der Waals surface area contributed by atoms with E-state index >= 15 is 0 Å². The number of fused-ring (bicyclic) bond motifs is 1. The number of alkyl halides is 3. The van der Waals surface area contributed by atoms with E-state index in [9.17, 15) is 18.0 Å². The molecule has 0 fully saturated rings. The molecule has 1 unspecified atom stereocenters. The molecule has 156 valence electrons. The molecule has 0 radical (unpaired) electrons. The number of rotatable bonds is 3. The van der Waals surface area contributed by atoms with Crippen molar-refractivity contribution in [3.63, 3.8) is 0 Å². The highest BCUT2D eigenvalue weighted by Crippen LogP contribution is 2.42. The lowest BCUT2D eigenvalue weighted by Crippen LogP contribution is -2.51. The highest BCUT2D eigenvalue weighted by molar-refractivity contribution is 6.08. The summed E-state index contributed by atoms with van der Waals surface area (Å²) in [5.74, 6) is 0.413. The van der Waals surface area contributed by atoms with Crippen LogP contribution in [0.5, 0.6) is 5.75 Å². The summed E-state index contributed by atoms with van der Waals surface area (Å²) in [7, 11) is 1.43. The first-order valence-electron chi connectivity index (χ1n) is 8.99. The number of carbonyl (C=O) groups excluding carboxylic acids is 1. The van der Waals surface area contributed by atoms with Crippen LogP contribution in [-0.4, -0.2) is 35.6 Å². The highest BCUT2D eigenvalue weighted by Gasteiger charge is 2.51. The summed E-state index contributed by atoms with van der Waals surface area (Å²) in [6.45, 7) is 1.80. The number of hydrogen-bond acceptors (Lipinski definition) is 5. The van der Waals surface area contributed by atoms with Crippen molar-refractivity contribution in [1.82, 2.24) is 10.2 Å². The molecule has 0 saturated carbocycles. The Kier molecular flexibility index (Phi) is 4.84. The van der Waals surface area contributed by atoms with Gasteiger partial charge in [0.25, 0.3) is 0 Å². The van der Waals surface area contributed by atoms with Crippen LogP contribution in [0.15, 0.2) is 53.3 Å². The zero-order valence-electron chi connectivity index (χ0n) is 16.1. The molecule has 30 heavy (non-hydrogen) atoms. The Morgan fingerprint density at radius 2 is 2.07 bits per heavy atom. The topological polar surface area (TPSA) is 71.7 Å². The number of urea groups is 1. The maximum Gasteiger partial charge on any atom is 0.409 e. The van der Waals surface area contributed by atoms with E-state index in [-0.39, 0.29) is 18.1 Å². The number of ether oxygens (including phenoxy) is 1. The Labute approximate surface area is 169 Å². The van der Waals surface area contributed by atoms with Gasteiger partial charge in [0.05, 0.1) is 12.8 Å². The number of amides is 2. The second-order valence-corrected chi connectivity index (χ2v) is 6.80. The summed E-state index contributed by atoms with van der Waals surface area (Å²) in [6.07, 6.45) is -4.02. The molecule has 0 saturated heterocycles. The van der Waals surface area contributed by atoms with Gasteiger partial charge in [-0.3, -0.25) is 4.90 Å². The molecule has 2 heterocycles. The second kappa shape index (κ2) is 7.36. The standard InChI is InChI=1S/C20H17F3N4O3/c1-12-4-3-5-14(8-12)26(18-25-24-11-30-18)19(28)27-16-7-6-15(29-2)9-13(16)10-17(27)20(21,22)23/h3-9,11,17H,10H2,1-2H3. The molecule has 1 aromatic heterocycles. The fourth-order valence-electron chi connectivity index (χ4n) is 3.50. The van der Waals surface area contributed by atoms with Crippen molar-refractivity contribution in [3.8, 4) is 5.75 Å². The van der Waals surface area contributed by atoms with Gasteiger partial charge in [-0.25, -0.2) is 9.69 Å². The first-order chi connectivity index (χ1) is 14.3. The average Bonchev–Trinajstić information content (AvgIpc) is 3.35. The number of aryl methyl sites for hydroxylation is 1. The van der Waals surface area contributed by atoms with Gasteiger partial charge in [-0.1, -0.05) is 17.2 Å². The molecule has 2 amide bonds. The van der Waals surface area contributed by atoms with Crippen molar-refractivity contribution in [2.75, 3.05) is 16.9 Å². The first-order valence-corrected chi connectivity index (χ1v) is 8.99. The number of benzene rings is 2. The summed E-state index contributed by atoms with van der Waals surface area (Å²) in [5.41, 5.74) is 1.64. The molecular formula is C20H17F3N4O3. The van der Waals surface area contributed by atoms with Gasteiger partial charge in [0, 0.05) is 12.1 Å². The Bertz CT molecular complexity index is 1070. The van der Waals surface area contributed by atoms with Crippen LogP contribution in [0.25, 0.3) is 0 Å². The van der Waals surface area contributed by atoms with Crippen LogP contribution in [0.2, 0.25) is 0 Å². The monoisotopic (exact) mass is 418 g/mol. The summed E-state index contributed by atoms with van der Waals surface area (Å²) in [5, 5.41) is 7.31. The van der Waals surface area contributed by atoms with Crippen molar-refractivity contribution < 1.29 is 27.1 Å². The lowest BCUT2D eigenvalue weighted by atomic mass is 10.1. The molecular weight excluding hydrogens is 401 g/mol. The van der Waals surface area contributed by atoms with E-state index in [2.05, 4.69) is 10.2 Å². The predicted molar refractivity (Wildman–Crippen MR) is 102 cm³/mol. The number of halogens is 3. The van der Waals surface area contributed by atoms with Gasteiger partial charge in [0.2, 0.25) is 6.39 Å². The van der Waals surface area contributed by atoms with Crippen LogP contribution in [0.4, 0.5) is 35.4 Å². The third kappa shape index (κ3) is 3.44. The fraction of sp³-hybridized carbons (Fsp3) is 0.250. The Balaban J connectivity index is 1.83. The summed E-state index contributed by atoms with van der Waals surface area (Å²) >= 11 is 0. The minimum atomic E-state index is -4.64. The van der Waals surface area contributed by atoms with E-state index in [0.29, 0.717) is 17.0 Å². The third-order valence-corrected chi connectivity index (χ3v) is 4.85. The lowest BCUT2D eigenvalue weighted by Gasteiger charge is -2.31. The summed E-state index contributed by atoms with van der Waals surface area (Å²) < 4.78 is 52.0. The third-order valence-electron chi connectivity index (χ3n) is 4.85. The van der Waals surface area contributed by atoms with E-state index < -0.39 is 18.2 Å². The molecule has 2 aromatic carbocycles. The molecule has 4 rings (SSSR count). The van der Waals surface area contributed by atoms with E-state index in [1.165, 1.54) is 25.3 Å². The van der Waals surface area contributed by atoms with Crippen molar-refractivity contribution in [3.05, 3.63) is 60.0 Å². The molecule has 0 N–H and O–H groups in total. The molecule has 1 atom stereocenters. The van der Waals surface area contributed by atoms with Crippen LogP contribution in [0.1, 0.15) is 11.1 Å². The minimum absolute atomic E-state index is 0.153. The molecule has 3 aromatic rings. The highest BCUT2D eigenvalue weighted by atomic mass is 19.4. The molecule has 7 nitrogen and oxygen atoms in total. The van der Waals surface area contributed by atoms with Gasteiger partial charge in [-0.2, -0.15) is 13.2 Å². The fourth-order valence-corrected chi connectivity index (χ4v) is 3.50. The van der Waals surface area contributed by atoms with E-state index in [1.54, 1.807) is 31.2 Å². The number of methoxy groups -OCH3 is 1. The summed E-state index contributed by atoms with van der Waals surface area (Å²) in [4.78, 5) is 15.2. The Morgan fingerprint density at radius 3 is 2.70 bits per heavy atom. The quantitative estimate of drug-likeness (QED) is 0.620. The largest absolute Gasteiger partial charge is 0.497 e. The average molecular weight is 418 g/mol. The zero-order valence-corrected chi connectivity index (χ0v) is 16.1. The van der Waals surface area contributed by atoms with Gasteiger partial charge in [0.1, 0.15) is 11.8 Å². The number of anilines is 3. The van der Waals surface area contributed by atoms with Gasteiger partial charge in [-0.05, 0) is 48.4 Å². The van der Waals surface area contributed by atoms with Gasteiger partial charge < -0.3 is 9.15 Å². The normalized spacial score (nSPS) is 15.8. The SMILES string of the molecule is COc1ccc2c(c1)CC(C(F)(F)F)N2C(=O)N(c1cccc(C)c1)c1nnco1. The van der Waals surface area contributed by atoms with Crippen LogP contribution in [-0.2, 0) is 6.42 Å². The summed E-state index contributed by atoms with van der Waals surface area (Å²) in [6, 6.07) is 7.97. The predicted octanol–water partition coefficient (Wildman–Crippen LogP) is 4.64. The molecule has 0 aliphatic carbocycles. The van der Waals surface area contributed by atoms with Crippen molar-refractivity contribution in [2.45, 2.75) is 25.6 Å². The van der Waals surface area contributed by atoms with E-state index in [0.717, 1.165) is 21.8 Å². The second-order valence-electron chi connectivity index (χ2n) is 6.80. The Hall–Kier alpha value is -3.56. The minimum Gasteiger partial charge on any atom is -0.497 e. The van der Waals surface area contributed by atoms with Crippen LogP contribution >= 0.6 is 0 Å². The number of aromatic nitrogens is 2. The van der Waals surface area contributed by atoms with Crippen LogP contribution < -0.4 is 14.5 Å². The zero-order chi connectivity index (χ0) is 21.5. The maximum absolute atomic E-state index is 13.9. The van der Waals surface area contributed by atoms with Crippen molar-refractivity contribution in [1.29, 1.82) is 0 Å². The maximum atomic E-state index is 13.9. The van der Waals surface area contributed by atoms with Gasteiger partial charge in [-0.15, -0.1) is 5.10 Å². The molecule has 1 aliphatic heterocycles. The molecule has 0 bridgehead atoms. The van der Waals surface area contributed by atoms with Crippen molar-refractivity contribution in [2.24, 2.45) is 0 Å². The van der Waals surface area contributed by atoms with E-state index in [4.69, 9.17) is 9.15 Å². The smallest absolute Gasteiger partial charge is 0.409 e. The van der Waals surface area contributed by atoms with Gasteiger partial charge >= 0.3 is 18.2 Å². The van der Waals surface area contributed by atoms with E-state index in [1.807, 2.05) is 0 Å². The number of carbonyl (C=O) groups is 1. The number of hydrogen-bond donors (Lipinski definition) is 0. The molecule has 1 aliphatic rings. The number of nitrogens with zero attached hydrogens (tertiary/aromatic N) is 4. The van der Waals surface area contributed by atoms with Crippen LogP contribution in [0, 0.1) is 6.92 Å². The molecule has 0 spiro atoms. The van der Waals surface area contributed by atoms with Crippen molar-refractivity contribution >= 4 is 23.4 Å². The van der Waals surface area contributed by atoms with Gasteiger partial charge in [0.15, 0.2) is 0 Å². The first kappa shape index (κ1) is 19.7. The Morgan fingerprint density at radius 1 is 1.27 bits per heavy atom. The van der Waals surface area contributed by atoms with Crippen LogP contribution in [0.3, 0.4) is 0 Å². The lowest BCUT2D eigenvalue weighted by molar-refractivity contribution is -0.145.